The fourth-order valence-corrected chi connectivity index (χ4v) is 0. The van der Waals surface area contributed by atoms with E-state index in [0.29, 0.717) is 0 Å². The minimum absolute atomic E-state index is 0. The molecule has 0 amide bonds. The topological polar surface area (TPSA) is 291 Å². The molecule has 0 atom stereocenters. The first-order valence-electron chi connectivity index (χ1n) is 2.23. The summed E-state index contributed by atoms with van der Waals surface area (Å²) in [6.07, 6.45) is 0. The molecule has 18 heteroatoms. The zero-order valence-corrected chi connectivity index (χ0v) is 10.9. The van der Waals surface area contributed by atoms with Crippen LogP contribution in [0.25, 0.3) is 0 Å². The maximum atomic E-state index is 8.36. The molecule has 0 aliphatic rings. The molecule has 0 spiro atoms. The molecule has 4 N–H and O–H groups in total. The summed E-state index contributed by atoms with van der Waals surface area (Å²) in [5.41, 5.74) is 0. The average molecular weight is 333 g/mol. The number of hydrogen-bond acceptors (Lipinski definition) is 10. The minimum Gasteiger partial charge on any atom is -0.412 e. The van der Waals surface area contributed by atoms with Crippen LogP contribution in [-0.4, -0.2) is 36.2 Å². The Balaban J connectivity index is -0.0000000257. The number of hydrogen-bond donors (Lipinski definition) is 2. The summed E-state index contributed by atoms with van der Waals surface area (Å²) in [6, 6.07) is 0. The molecular weight excluding hydrogens is 329 g/mol. The van der Waals surface area contributed by atoms with Crippen molar-refractivity contribution in [1.29, 1.82) is 0 Å². The molecule has 0 bridgehead atoms. The average Bonchev–Trinajstić information content (AvgIpc) is 1.76. The van der Waals surface area contributed by atoms with E-state index >= 15 is 0 Å². The van der Waals surface area contributed by atoms with Gasteiger partial charge in [-0.3, -0.25) is 0 Å². The van der Waals surface area contributed by atoms with Gasteiger partial charge in [0.15, 0.2) is 0 Å². The van der Waals surface area contributed by atoms with Gasteiger partial charge in [-0.05, 0) is 0 Å². The third kappa shape index (κ3) is 300. The van der Waals surface area contributed by atoms with Crippen LogP contribution in [-0.2, 0) is 19.5 Å². The normalized spacial score (nSPS) is 5.33. The first kappa shape index (κ1) is 36.1. The molecule has 0 radical (unpaired) electrons. The predicted molar refractivity (Wildman–Crippen MR) is 41.9 cm³/mol. The van der Waals surface area contributed by atoms with Gasteiger partial charge in [0.25, 0.3) is 10.2 Å². The Bertz CT molecular complexity index is 159. The van der Waals surface area contributed by atoms with Crippen LogP contribution < -0.4 is 0 Å². The minimum atomic E-state index is -1.75. The Morgan fingerprint density at radius 1 is 0.611 bits per heavy atom. The molecule has 17 nitrogen and oxygen atoms in total. The molecule has 0 saturated carbocycles. The maximum absolute atomic E-state index is 8.36. The second-order valence-electron chi connectivity index (χ2n) is 0.923. The molecule has 0 rings (SSSR count). The fourth-order valence-electron chi connectivity index (χ4n) is 0. The second kappa shape index (κ2) is 29.3. The molecule has 0 aliphatic carbocycles. The Labute approximate surface area is 107 Å². The van der Waals surface area contributed by atoms with Crippen LogP contribution in [0.2, 0.25) is 0 Å². The van der Waals surface area contributed by atoms with Crippen LogP contribution in [0.15, 0.2) is 0 Å². The number of rotatable bonds is 0. The van der Waals surface area contributed by atoms with E-state index < -0.39 is 20.3 Å². The molecule has 0 unspecified atom stereocenters. The van der Waals surface area contributed by atoms with Gasteiger partial charge in [-0.25, -0.2) is 0 Å². The summed E-state index contributed by atoms with van der Waals surface area (Å²) in [6.45, 7) is 0. The third-order valence-corrected chi connectivity index (χ3v) is 0. The zero-order chi connectivity index (χ0) is 14.3. The summed E-state index contributed by atoms with van der Waals surface area (Å²) < 4.78 is 0. The van der Waals surface area contributed by atoms with E-state index in [-0.39, 0.29) is 25.0 Å². The fraction of sp³-hybridized carbons (Fsp3) is 0. The van der Waals surface area contributed by atoms with E-state index in [1.165, 1.54) is 0 Å². The van der Waals surface area contributed by atoms with E-state index in [1.807, 2.05) is 0 Å². The van der Waals surface area contributed by atoms with Crippen molar-refractivity contribution in [3.63, 3.8) is 0 Å². The SMILES string of the molecule is O.O=[N+]([O-])O.O=[N+]([O-])O.O=[N+]([O-])[O-].O=[N+]([O-])[O-].[Zn+2]. The summed E-state index contributed by atoms with van der Waals surface area (Å²) >= 11 is 0. The molecule has 0 aromatic carbocycles. The first-order valence-corrected chi connectivity index (χ1v) is 2.23. The molecular formula is H4N4O13Zn. The first-order chi connectivity index (χ1) is 6.93. The molecule has 0 fully saturated rings. The quantitative estimate of drug-likeness (QED) is 0.276. The molecule has 104 valence electrons. The Kier molecular flexibility index (Phi) is 58.8. The molecule has 0 aromatic rings. The molecule has 0 saturated heterocycles. The van der Waals surface area contributed by atoms with Gasteiger partial charge >= 0.3 is 19.5 Å². The van der Waals surface area contributed by atoms with E-state index in [9.17, 15) is 0 Å². The molecule has 0 aliphatic heterocycles. The summed E-state index contributed by atoms with van der Waals surface area (Å²) in [4.78, 5) is 33.2. The van der Waals surface area contributed by atoms with Gasteiger partial charge < -0.3 is 46.5 Å². The van der Waals surface area contributed by atoms with Gasteiger partial charge in [0.05, 0.1) is 10.2 Å². The van der Waals surface area contributed by atoms with Crippen LogP contribution in [0.1, 0.15) is 0 Å². The van der Waals surface area contributed by atoms with Crippen LogP contribution in [0.5, 0.6) is 0 Å². The summed E-state index contributed by atoms with van der Waals surface area (Å²) in [5.74, 6) is 0. The van der Waals surface area contributed by atoms with E-state index in [2.05, 4.69) is 0 Å². The van der Waals surface area contributed by atoms with Crippen LogP contribution in [0.4, 0.5) is 0 Å². The summed E-state index contributed by atoms with van der Waals surface area (Å²) in [7, 11) is 0. The predicted octanol–water partition coefficient (Wildman–Crippen LogP) is -2.00. The van der Waals surface area contributed by atoms with Crippen molar-refractivity contribution in [2.45, 2.75) is 0 Å². The van der Waals surface area contributed by atoms with Crippen molar-refractivity contribution in [3.8, 4) is 0 Å². The monoisotopic (exact) mass is 332 g/mol. The summed E-state index contributed by atoms with van der Waals surface area (Å²) in [5, 5.41) is 56.8. The van der Waals surface area contributed by atoms with Crippen molar-refractivity contribution in [3.05, 3.63) is 50.9 Å². The third-order valence-electron chi connectivity index (χ3n) is 0. The largest absolute Gasteiger partial charge is 2.00 e. The van der Waals surface area contributed by atoms with Gasteiger partial charge in [-0.2, -0.15) is 0 Å². The van der Waals surface area contributed by atoms with E-state index in [4.69, 9.17) is 61.3 Å². The van der Waals surface area contributed by atoms with Gasteiger partial charge in [0, 0.05) is 0 Å². The van der Waals surface area contributed by atoms with Crippen LogP contribution in [0.3, 0.4) is 0 Å². The zero-order valence-electron chi connectivity index (χ0n) is 7.97. The molecule has 0 heterocycles. The second-order valence-corrected chi connectivity index (χ2v) is 0.923. The Hall–Kier alpha value is -2.62. The van der Waals surface area contributed by atoms with E-state index in [1.54, 1.807) is 0 Å². The molecule has 0 aromatic heterocycles. The van der Waals surface area contributed by atoms with E-state index in [0.717, 1.165) is 0 Å². The maximum Gasteiger partial charge on any atom is 2.00 e. The smallest absolute Gasteiger partial charge is 0.412 e. The van der Waals surface area contributed by atoms with Crippen molar-refractivity contribution < 1.29 is 55.7 Å². The van der Waals surface area contributed by atoms with Crippen molar-refractivity contribution >= 4 is 0 Å². The standard InChI is InChI=1S/2HNO3.2NO3.H2O.Zn/c4*2-1(3)4;;/h2*(H,2,3,4);;;1H2;/q;;2*-1;;+2. The van der Waals surface area contributed by atoms with Gasteiger partial charge in [-0.15, -0.1) is 20.2 Å². The van der Waals surface area contributed by atoms with Gasteiger partial charge in [0.1, 0.15) is 0 Å². The van der Waals surface area contributed by atoms with Crippen molar-refractivity contribution in [2.75, 3.05) is 0 Å². The van der Waals surface area contributed by atoms with Gasteiger partial charge in [-0.1, -0.05) is 0 Å². The Morgan fingerprint density at radius 3 is 0.611 bits per heavy atom. The van der Waals surface area contributed by atoms with Crippen molar-refractivity contribution in [1.82, 2.24) is 0 Å². The van der Waals surface area contributed by atoms with Crippen LogP contribution in [0, 0.1) is 50.9 Å². The van der Waals surface area contributed by atoms with Crippen molar-refractivity contribution in [2.24, 2.45) is 0 Å². The van der Waals surface area contributed by atoms with Crippen LogP contribution >= 0.6 is 0 Å². The molecule has 18 heavy (non-hydrogen) atoms. The van der Waals surface area contributed by atoms with Gasteiger partial charge in [0.2, 0.25) is 0 Å². The Morgan fingerprint density at radius 2 is 0.611 bits per heavy atom. The number of nitrogens with zero attached hydrogens (tertiary/aromatic N) is 4.